The molecule has 4 aliphatic heterocycles. The molecule has 2 unspecified atom stereocenters. The lowest BCUT2D eigenvalue weighted by Gasteiger charge is -2.63. The zero-order valence-electron chi connectivity index (χ0n) is 78.8. The van der Waals surface area contributed by atoms with E-state index in [4.69, 9.17) is 53.2 Å². The van der Waals surface area contributed by atoms with Crippen LogP contribution in [0.25, 0.3) is 0 Å². The SMILES string of the molecule is CCCC1O[C@@H]2C[C@H]3[C@@H]4C[C@H](F)C5=CC(=O)C=C[C@]5(C)[C@@]4(F)[C@@H](O)C[C@]3(C)[C@]2(C(=O)COc2ccc(NC(=O)[C@H](C)NC(=O)[C@@H](NC(=O)[C@@H](CCCCNC(=O)COC3CCCCCC(=N[C@H]4O[C@H](CO)[C@](O)(C[C@H]5O[C@H](CO)[C@@H](O)[C@H](O)[C@H]5O)[C@H](O)[C@H]4O)C3=NN)NC(=O)CCOCCOCCOCCOCCNC(=O)CCC(=O)N3Cc4ccccc4C#Cc4ccccc43)C(C)C)cc2)O1. The lowest BCUT2D eigenvalue weighted by Crippen LogP contribution is -2.71. The molecule has 4 saturated carbocycles. The lowest BCUT2D eigenvalue weighted by atomic mass is 9.44. The standard InChI is InChI=1S/C98H134F2N10O28/c1-7-17-82-136-76-48-64-65-47-67(99)66-46-62(113)33-35-94(66,5)97(65,100)74(114)50-95(64,6)98(76,138-82)75(115)54-133-63-29-27-61(28-30-63)105-90(125)57(4)104-92(127)83(56(2)3)108-91(126)69(106-79(117)34-38-129-40-42-131-44-45-132-43-41-130-39-37-103-78(116)31-32-81(119)110-51-60-20-12-11-18-58(60)25-26-59-19-13-14-23-70(59)110)22-15-16-36-102-80(118)55-134-71-24-10-8-9-21-68(84(71)109-101)107-93-88(123)89(124)96(128,77(53-112)137-93)49-72-85(120)87(122)86(121)73(52-111)135-72/h11-14,18-20,23,27-30,33,35,46,56-57,64-65,67,69,71-74,76-77,82-83,85-89,93,111-112,114,120-124,128H,7-10,15-17,21-22,24,31-32,34,36-45,47-55,101H2,1-6H3,(H,102,118)(H,103,116)(H,104,127)(H,105,125)(H,106,117)(H,108,126)/t57-,64-,65-,67-,69+,71?,72+,73+,74-,76+,77+,82?,83-,85-,86+,87+,88+,89+,93-,94-,95-,96+,97-,98+/m0/s1. The van der Waals surface area contributed by atoms with E-state index in [2.05, 4.69) is 53.8 Å². The first-order valence-corrected chi connectivity index (χ1v) is 47.8. The Bertz CT molecular complexity index is 4920. The molecule has 0 aromatic heterocycles. The van der Waals surface area contributed by atoms with Crippen molar-refractivity contribution in [2.45, 2.75) is 278 Å². The number of allylic oxidation sites excluding steroid dienone is 4. The Hall–Kier alpha value is -9.59. The third-order valence-corrected chi connectivity index (χ3v) is 28.1. The maximum Gasteiger partial charge on any atom is 0.246 e. The maximum absolute atomic E-state index is 18.1. The lowest BCUT2D eigenvalue weighted by molar-refractivity contribution is -0.297. The molecule has 138 heavy (non-hydrogen) atoms. The van der Waals surface area contributed by atoms with E-state index in [0.717, 1.165) is 22.8 Å². The molecule has 3 aromatic rings. The molecule has 38 nitrogen and oxygen atoms in total. The number of para-hydroxylation sites is 1. The number of halogens is 2. The van der Waals surface area contributed by atoms with Crippen molar-refractivity contribution >= 4 is 75.7 Å². The van der Waals surface area contributed by atoms with E-state index < -0.39 is 223 Å². The summed E-state index contributed by atoms with van der Waals surface area (Å²) in [6, 6.07) is 17.4. The monoisotopic (exact) mass is 1940 g/mol. The first kappa shape index (κ1) is 107. The number of Topliss-reactive ketones (excluding diaryl/α,β-unsaturated/α-hetero) is 1. The summed E-state index contributed by atoms with van der Waals surface area (Å²) in [7, 11) is 0. The van der Waals surface area contributed by atoms with Gasteiger partial charge >= 0.3 is 0 Å². The van der Waals surface area contributed by atoms with Gasteiger partial charge in [0.15, 0.2) is 29.6 Å². The largest absolute Gasteiger partial charge is 0.486 e. The van der Waals surface area contributed by atoms with Crippen LogP contribution in [0, 0.1) is 40.4 Å². The van der Waals surface area contributed by atoms with E-state index in [1.54, 1.807) is 25.7 Å². The van der Waals surface area contributed by atoms with Crippen LogP contribution in [0.5, 0.6) is 5.75 Å². The summed E-state index contributed by atoms with van der Waals surface area (Å²) < 4.78 is 93.8. The summed E-state index contributed by atoms with van der Waals surface area (Å²) in [6.07, 6.45) is -15.6. The predicted octanol–water partition coefficient (Wildman–Crippen LogP) is 2.01. The van der Waals surface area contributed by atoms with E-state index in [-0.39, 0.29) is 170 Å². The van der Waals surface area contributed by atoms with Crippen molar-refractivity contribution in [3.05, 3.63) is 113 Å². The van der Waals surface area contributed by atoms with Gasteiger partial charge in [-0.25, -0.2) is 8.78 Å². The molecule has 5 aliphatic carbocycles. The van der Waals surface area contributed by atoms with Crippen LogP contribution in [-0.2, 0) is 92.3 Å². The van der Waals surface area contributed by atoms with Gasteiger partial charge in [0.05, 0.1) is 102 Å². The van der Waals surface area contributed by atoms with Gasteiger partial charge in [0.2, 0.25) is 47.1 Å². The Balaban J connectivity index is 0.598. The van der Waals surface area contributed by atoms with Gasteiger partial charge in [-0.3, -0.25) is 48.1 Å². The summed E-state index contributed by atoms with van der Waals surface area (Å²) >= 11 is 0. The number of ketones is 2. The van der Waals surface area contributed by atoms with Crippen LogP contribution in [0.3, 0.4) is 0 Å². The van der Waals surface area contributed by atoms with Gasteiger partial charge in [-0.1, -0.05) is 95.2 Å². The topological polar surface area (TPSA) is 554 Å². The molecule has 40 heteroatoms. The molecule has 9 aliphatic rings. The van der Waals surface area contributed by atoms with Crippen molar-refractivity contribution in [2.24, 2.45) is 44.5 Å². The quantitative estimate of drug-likeness (QED) is 0.0166. The molecule has 0 radical (unpaired) electrons. The zero-order valence-corrected chi connectivity index (χ0v) is 78.8. The maximum atomic E-state index is 18.1. The average Bonchev–Trinajstić information content (AvgIpc) is 1.47. The molecular formula is C98H134F2N10O28. The minimum Gasteiger partial charge on any atom is -0.486 e. The van der Waals surface area contributed by atoms with Crippen molar-refractivity contribution in [1.29, 1.82) is 0 Å². The Morgan fingerprint density at radius 1 is 0.696 bits per heavy atom. The van der Waals surface area contributed by atoms with Crippen molar-refractivity contribution in [3.8, 4) is 17.6 Å². The van der Waals surface area contributed by atoms with Crippen LogP contribution < -0.4 is 47.4 Å². The van der Waals surface area contributed by atoms with Gasteiger partial charge in [0, 0.05) is 72.3 Å². The van der Waals surface area contributed by atoms with Gasteiger partial charge < -0.3 is 136 Å². The number of anilines is 2. The van der Waals surface area contributed by atoms with Crippen LogP contribution in [0.2, 0.25) is 0 Å². The summed E-state index contributed by atoms with van der Waals surface area (Å²) in [5, 5.41) is 119. The number of unbranched alkanes of at least 4 members (excludes halogenated alkanes) is 1. The van der Waals surface area contributed by atoms with Crippen LogP contribution in [0.15, 0.2) is 107 Å². The highest BCUT2D eigenvalue weighted by atomic mass is 19.1. The molecule has 7 amide bonds. The molecule has 4 heterocycles. The van der Waals surface area contributed by atoms with Gasteiger partial charge in [0.25, 0.3) is 0 Å². The number of amides is 7. The van der Waals surface area contributed by atoms with Gasteiger partial charge in [0.1, 0.15) is 103 Å². The first-order valence-electron chi connectivity index (χ1n) is 47.8. The highest BCUT2D eigenvalue weighted by molar-refractivity contribution is 6.44. The number of benzene rings is 3. The number of ether oxygens (including phenoxy) is 10. The number of hydrogen-bond donors (Lipinski definition) is 16. The molecule has 17 N–H and O–H groups in total. The smallest absolute Gasteiger partial charge is 0.246 e. The highest BCUT2D eigenvalue weighted by Crippen LogP contribution is 2.72. The number of carbonyl (C=O) groups is 9. The van der Waals surface area contributed by atoms with E-state index in [9.17, 15) is 89.1 Å². The van der Waals surface area contributed by atoms with Crippen molar-refractivity contribution in [3.63, 3.8) is 0 Å². The van der Waals surface area contributed by atoms with E-state index in [1.807, 2.05) is 55.5 Å². The number of aliphatic hydroxyl groups is 9. The Labute approximate surface area is 800 Å². The molecule has 3 aromatic carbocycles. The Morgan fingerprint density at radius 3 is 2.08 bits per heavy atom. The first-order chi connectivity index (χ1) is 66.1. The number of nitrogens with two attached hydrogens (primary N) is 1. The third-order valence-electron chi connectivity index (χ3n) is 28.1. The number of fused-ring (bicyclic) bond motifs is 9. The molecule has 0 spiro atoms. The molecule has 24 atom stereocenters. The van der Waals surface area contributed by atoms with Crippen molar-refractivity contribution in [2.75, 3.05) is 103 Å². The van der Waals surface area contributed by atoms with Crippen LogP contribution in [-0.4, -0.2) is 324 Å². The van der Waals surface area contributed by atoms with Crippen LogP contribution in [0.4, 0.5) is 20.2 Å². The van der Waals surface area contributed by atoms with Crippen molar-refractivity contribution < 1.29 is 145 Å². The number of hydrazone groups is 1. The Morgan fingerprint density at radius 2 is 1.38 bits per heavy atom. The summed E-state index contributed by atoms with van der Waals surface area (Å²) in [5.41, 5.74) is -5.93. The molecule has 7 fully saturated rings. The number of nitrogens with one attached hydrogen (secondary N) is 6. The molecule has 3 saturated heterocycles. The second-order valence-corrected chi connectivity index (χ2v) is 37.6. The fraction of sp³-hybridized carbons (Fsp3) is 0.643. The number of alkyl halides is 2. The van der Waals surface area contributed by atoms with Gasteiger partial charge in [-0.2, -0.15) is 5.10 Å². The number of rotatable bonds is 45. The number of carbonyl (C=O) groups excluding carboxylic acids is 9. The minimum absolute atomic E-state index is 0.00151. The van der Waals surface area contributed by atoms with E-state index in [0.29, 0.717) is 50.8 Å². The fourth-order valence-electron chi connectivity index (χ4n) is 20.6. The third kappa shape index (κ3) is 24.6. The fourth-order valence-corrected chi connectivity index (χ4v) is 20.6. The normalized spacial score (nSPS) is 31.5. The van der Waals surface area contributed by atoms with E-state index in [1.165, 1.54) is 50.3 Å². The van der Waals surface area contributed by atoms with Crippen LogP contribution >= 0.6 is 0 Å². The Kier molecular flexibility index (Phi) is 37.9. The number of nitrogens with zero attached hydrogens (tertiary/aromatic N) is 3. The zero-order chi connectivity index (χ0) is 99.4. The molecule has 0 bridgehead atoms. The number of aliphatic imine (C=N–C) groups is 1. The van der Waals surface area contributed by atoms with Gasteiger partial charge in [-0.15, -0.1) is 0 Å². The second kappa shape index (κ2) is 48.7. The minimum atomic E-state index is -2.54. The molecular weight excluding hydrogens is 1800 g/mol. The van der Waals surface area contributed by atoms with Crippen molar-refractivity contribution in [1.82, 2.24) is 26.6 Å². The highest BCUT2D eigenvalue weighted by Gasteiger charge is 2.80. The second-order valence-electron chi connectivity index (χ2n) is 37.6. The number of aliphatic hydroxyl groups excluding tert-OH is 8. The number of hydrogen-bond acceptors (Lipinski definition) is 31. The molecule has 12 rings (SSSR count). The van der Waals surface area contributed by atoms with E-state index >= 15 is 8.78 Å². The summed E-state index contributed by atoms with van der Waals surface area (Å²) in [4.78, 5) is 130. The average molecular weight is 1940 g/mol. The summed E-state index contributed by atoms with van der Waals surface area (Å²) in [6.45, 7) is 9.08. The summed E-state index contributed by atoms with van der Waals surface area (Å²) in [5.74, 6) is 5.40. The van der Waals surface area contributed by atoms with Crippen LogP contribution in [0.1, 0.15) is 167 Å². The predicted molar refractivity (Wildman–Crippen MR) is 493 cm³/mol. The molecule has 758 valence electrons. The van der Waals surface area contributed by atoms with Gasteiger partial charge in [-0.05, 0) is 156 Å².